The summed E-state index contributed by atoms with van der Waals surface area (Å²) in [7, 11) is -3.52. The molecule has 2 aromatic heterocycles. The van der Waals surface area contributed by atoms with Crippen LogP contribution in [0.15, 0.2) is 41.6 Å². The van der Waals surface area contributed by atoms with Gasteiger partial charge in [-0.2, -0.15) is 0 Å². The van der Waals surface area contributed by atoms with E-state index in [1.165, 1.54) is 18.3 Å². The van der Waals surface area contributed by atoms with Crippen LogP contribution in [0.5, 0.6) is 0 Å². The van der Waals surface area contributed by atoms with Crippen molar-refractivity contribution in [2.45, 2.75) is 31.3 Å². The SMILES string of the molecule is CC(C)OC(=O)N1CC=C(c2nnc3c(Nc4ccc(S(C)(=O)=O)cc4F)nccn23)CC1. The molecule has 1 aromatic carbocycles. The van der Waals surface area contributed by atoms with Crippen LogP contribution in [0.2, 0.25) is 0 Å². The molecule has 0 radical (unpaired) electrons. The Kier molecular flexibility index (Phi) is 6.02. The van der Waals surface area contributed by atoms with E-state index in [2.05, 4.69) is 20.5 Å². The van der Waals surface area contributed by atoms with Crippen LogP contribution in [0, 0.1) is 5.82 Å². The van der Waals surface area contributed by atoms with Gasteiger partial charge in [-0.3, -0.25) is 4.40 Å². The molecule has 3 aromatic rings. The first-order chi connectivity index (χ1) is 15.6. The van der Waals surface area contributed by atoms with E-state index in [9.17, 15) is 17.6 Å². The number of carbonyl (C=O) groups is 1. The van der Waals surface area contributed by atoms with Crippen LogP contribution in [0.3, 0.4) is 0 Å². The number of sulfone groups is 1. The second-order valence-electron chi connectivity index (χ2n) is 7.89. The highest BCUT2D eigenvalue weighted by Gasteiger charge is 2.23. The largest absolute Gasteiger partial charge is 0.447 e. The number of halogens is 1. The number of nitrogens with one attached hydrogen (secondary N) is 1. The molecule has 0 saturated heterocycles. The van der Waals surface area contributed by atoms with Crippen molar-refractivity contribution in [3.63, 3.8) is 0 Å². The molecule has 0 spiro atoms. The summed E-state index contributed by atoms with van der Waals surface area (Å²) in [5.41, 5.74) is 1.35. The van der Waals surface area contributed by atoms with Crippen molar-refractivity contribution in [1.29, 1.82) is 0 Å². The quantitative estimate of drug-likeness (QED) is 0.599. The lowest BCUT2D eigenvalue weighted by Gasteiger charge is -2.26. The molecule has 0 bridgehead atoms. The van der Waals surface area contributed by atoms with E-state index in [4.69, 9.17) is 4.74 Å². The molecular formula is C21H23FN6O4S. The fourth-order valence-electron chi connectivity index (χ4n) is 3.40. The Bertz CT molecular complexity index is 1350. The van der Waals surface area contributed by atoms with Gasteiger partial charge in [0.25, 0.3) is 0 Å². The summed E-state index contributed by atoms with van der Waals surface area (Å²) < 4.78 is 44.7. The predicted octanol–water partition coefficient (Wildman–Crippen LogP) is 3.04. The summed E-state index contributed by atoms with van der Waals surface area (Å²) in [6.45, 7) is 4.48. The van der Waals surface area contributed by atoms with Gasteiger partial charge in [-0.25, -0.2) is 22.6 Å². The lowest BCUT2D eigenvalue weighted by Crippen LogP contribution is -2.36. The first-order valence-electron chi connectivity index (χ1n) is 10.2. The lowest BCUT2D eigenvalue weighted by atomic mass is 10.1. The Morgan fingerprint density at radius 1 is 1.27 bits per heavy atom. The number of anilines is 2. The minimum absolute atomic E-state index is 0.0590. The maximum atomic E-state index is 14.5. The van der Waals surface area contributed by atoms with E-state index in [1.807, 2.05) is 6.08 Å². The highest BCUT2D eigenvalue weighted by molar-refractivity contribution is 7.90. The zero-order valence-electron chi connectivity index (χ0n) is 18.3. The first kappa shape index (κ1) is 22.6. The van der Waals surface area contributed by atoms with Crippen molar-refractivity contribution < 1.29 is 22.3 Å². The maximum absolute atomic E-state index is 14.5. The van der Waals surface area contributed by atoms with Crippen LogP contribution < -0.4 is 5.32 Å². The van der Waals surface area contributed by atoms with Gasteiger partial charge in [-0.15, -0.1) is 10.2 Å². The van der Waals surface area contributed by atoms with Gasteiger partial charge in [0, 0.05) is 31.7 Å². The molecule has 1 aliphatic heterocycles. The Morgan fingerprint density at radius 3 is 2.70 bits per heavy atom. The van der Waals surface area contributed by atoms with Crippen LogP contribution in [0.25, 0.3) is 11.2 Å². The molecule has 10 nitrogen and oxygen atoms in total. The third-order valence-electron chi connectivity index (χ3n) is 5.04. The third kappa shape index (κ3) is 4.80. The van der Waals surface area contributed by atoms with E-state index >= 15 is 0 Å². The molecule has 0 aliphatic carbocycles. The summed E-state index contributed by atoms with van der Waals surface area (Å²) in [4.78, 5) is 17.8. The molecule has 33 heavy (non-hydrogen) atoms. The molecule has 4 rings (SSSR count). The molecule has 174 valence electrons. The van der Waals surface area contributed by atoms with Crippen LogP contribution in [0.4, 0.5) is 20.7 Å². The van der Waals surface area contributed by atoms with Crippen molar-refractivity contribution in [3.05, 3.63) is 48.3 Å². The van der Waals surface area contributed by atoms with Crippen LogP contribution >= 0.6 is 0 Å². The molecular weight excluding hydrogens is 451 g/mol. The van der Waals surface area contributed by atoms with Gasteiger partial charge in [-0.1, -0.05) is 6.08 Å². The lowest BCUT2D eigenvalue weighted by molar-refractivity contribution is 0.0799. The van der Waals surface area contributed by atoms with Gasteiger partial charge in [0.1, 0.15) is 5.82 Å². The van der Waals surface area contributed by atoms with Crippen molar-refractivity contribution in [2.75, 3.05) is 24.7 Å². The third-order valence-corrected chi connectivity index (χ3v) is 6.15. The normalized spacial score (nSPS) is 14.5. The maximum Gasteiger partial charge on any atom is 0.410 e. The van der Waals surface area contributed by atoms with Crippen molar-refractivity contribution in [3.8, 4) is 0 Å². The van der Waals surface area contributed by atoms with Crippen molar-refractivity contribution in [2.24, 2.45) is 0 Å². The standard InChI is InChI=1S/C21H23FN6O4S/c1-13(2)32-21(29)27-9-6-14(7-10-27)19-25-26-20-18(23-8-11-28(19)20)24-17-5-4-15(12-16(17)22)33(3,30)31/h4-6,8,11-13H,7,9-10H2,1-3H3,(H,23,24). The molecule has 1 aliphatic rings. The molecule has 0 unspecified atom stereocenters. The van der Waals surface area contributed by atoms with E-state index in [1.54, 1.807) is 29.3 Å². The summed E-state index contributed by atoms with van der Waals surface area (Å²) in [5.74, 6) is 0.130. The van der Waals surface area contributed by atoms with Gasteiger partial charge >= 0.3 is 6.09 Å². The highest BCUT2D eigenvalue weighted by atomic mass is 32.2. The number of benzene rings is 1. The summed E-state index contributed by atoms with van der Waals surface area (Å²) in [6.07, 6.45) is 6.17. The topological polar surface area (TPSA) is 119 Å². The fraction of sp³-hybridized carbons (Fsp3) is 0.333. The Morgan fingerprint density at radius 2 is 2.06 bits per heavy atom. The van der Waals surface area contributed by atoms with Crippen LogP contribution in [0.1, 0.15) is 26.1 Å². The van der Waals surface area contributed by atoms with E-state index in [0.29, 0.717) is 31.0 Å². The number of aromatic nitrogens is 4. The second kappa shape index (κ2) is 8.77. The number of carbonyl (C=O) groups excluding carboxylic acids is 1. The molecule has 1 N–H and O–H groups in total. The highest BCUT2D eigenvalue weighted by Crippen LogP contribution is 2.27. The van der Waals surface area contributed by atoms with E-state index < -0.39 is 15.7 Å². The van der Waals surface area contributed by atoms with Crippen molar-refractivity contribution in [1.82, 2.24) is 24.5 Å². The number of hydrogen-bond acceptors (Lipinski definition) is 8. The fourth-order valence-corrected chi connectivity index (χ4v) is 4.04. The number of ether oxygens (including phenoxy) is 1. The molecule has 0 saturated carbocycles. The zero-order valence-corrected chi connectivity index (χ0v) is 19.1. The van der Waals surface area contributed by atoms with Crippen molar-refractivity contribution >= 4 is 38.7 Å². The first-order valence-corrected chi connectivity index (χ1v) is 12.1. The van der Waals surface area contributed by atoms with Gasteiger partial charge in [-0.05, 0) is 44.0 Å². The molecule has 1 amide bonds. The molecule has 12 heteroatoms. The smallest absolute Gasteiger partial charge is 0.410 e. The Balaban J connectivity index is 1.58. The molecule has 0 fully saturated rings. The van der Waals surface area contributed by atoms with Gasteiger partial charge in [0.05, 0.1) is 16.7 Å². The number of fused-ring (bicyclic) bond motifs is 1. The molecule has 0 atom stereocenters. The van der Waals surface area contributed by atoms with Gasteiger partial charge < -0.3 is 15.0 Å². The monoisotopic (exact) mass is 474 g/mol. The van der Waals surface area contributed by atoms with Crippen LogP contribution in [-0.4, -0.2) is 64.4 Å². The number of nitrogens with zero attached hydrogens (tertiary/aromatic N) is 5. The van der Waals surface area contributed by atoms with Gasteiger partial charge in [0.2, 0.25) is 5.65 Å². The van der Waals surface area contributed by atoms with E-state index in [0.717, 1.165) is 17.9 Å². The number of amides is 1. The average molecular weight is 475 g/mol. The minimum atomic E-state index is -3.52. The zero-order chi connectivity index (χ0) is 23.8. The second-order valence-corrected chi connectivity index (χ2v) is 9.91. The summed E-state index contributed by atoms with van der Waals surface area (Å²) >= 11 is 0. The number of hydrogen-bond donors (Lipinski definition) is 1. The van der Waals surface area contributed by atoms with E-state index in [-0.39, 0.29) is 28.6 Å². The summed E-state index contributed by atoms with van der Waals surface area (Å²) in [5, 5.41) is 11.3. The van der Waals surface area contributed by atoms with Gasteiger partial charge in [0.15, 0.2) is 21.5 Å². The Labute approximate surface area is 190 Å². The Hall–Kier alpha value is -3.54. The molecule has 3 heterocycles. The predicted molar refractivity (Wildman–Crippen MR) is 119 cm³/mol. The van der Waals surface area contributed by atoms with Crippen LogP contribution in [-0.2, 0) is 14.6 Å². The summed E-state index contributed by atoms with van der Waals surface area (Å²) in [6, 6.07) is 3.61. The minimum Gasteiger partial charge on any atom is -0.447 e. The number of rotatable bonds is 5. The average Bonchev–Trinajstić information content (AvgIpc) is 3.19.